The normalized spacial score (nSPS) is 11.4. The van der Waals surface area contributed by atoms with Gasteiger partial charge in [-0.05, 0) is 42.7 Å². The second-order valence-electron chi connectivity index (χ2n) is 7.40. The maximum Gasteiger partial charge on any atom is 0.262 e. The summed E-state index contributed by atoms with van der Waals surface area (Å²) in [5.41, 5.74) is 2.30. The van der Waals surface area contributed by atoms with Gasteiger partial charge in [-0.15, -0.1) is 0 Å². The Morgan fingerprint density at radius 1 is 1.13 bits per heavy atom. The maximum atomic E-state index is 13.0. The Morgan fingerprint density at radius 2 is 1.81 bits per heavy atom. The molecule has 1 N–H and O–H groups in total. The molecule has 0 unspecified atom stereocenters. The van der Waals surface area contributed by atoms with E-state index in [1.54, 1.807) is 22.9 Å². The van der Waals surface area contributed by atoms with Crippen molar-refractivity contribution in [2.45, 2.75) is 26.2 Å². The first-order valence-corrected chi connectivity index (χ1v) is 10.6. The van der Waals surface area contributed by atoms with Gasteiger partial charge in [0.2, 0.25) is 0 Å². The van der Waals surface area contributed by atoms with E-state index in [0.717, 1.165) is 11.3 Å². The van der Waals surface area contributed by atoms with Gasteiger partial charge in [-0.2, -0.15) is 5.10 Å². The van der Waals surface area contributed by atoms with Crippen molar-refractivity contribution in [3.8, 4) is 11.4 Å². The first-order chi connectivity index (χ1) is 14.9. The second-order valence-corrected chi connectivity index (χ2v) is 8.22. The summed E-state index contributed by atoms with van der Waals surface area (Å²) in [6, 6.07) is 12.8. The zero-order valence-electron chi connectivity index (χ0n) is 17.2. The number of nitrogens with zero attached hydrogens (tertiary/aromatic N) is 3. The van der Waals surface area contributed by atoms with Crippen molar-refractivity contribution in [1.82, 2.24) is 19.7 Å². The van der Waals surface area contributed by atoms with Crippen LogP contribution in [0.2, 0.25) is 10.0 Å². The fraction of sp³-hybridized carbons (Fsp3) is 0.217. The van der Waals surface area contributed by atoms with Crippen molar-refractivity contribution in [3.05, 3.63) is 86.9 Å². The molecule has 0 fully saturated rings. The van der Waals surface area contributed by atoms with Gasteiger partial charge in [-0.1, -0.05) is 55.2 Å². The number of H-pyrrole nitrogens is 1. The molecule has 0 atom stereocenters. The monoisotopic (exact) mass is 455 g/mol. The molecule has 2 heterocycles. The zero-order chi connectivity index (χ0) is 22.1. The van der Waals surface area contributed by atoms with Crippen LogP contribution in [0.5, 0.6) is 5.75 Å². The Balaban J connectivity index is 1.86. The van der Waals surface area contributed by atoms with E-state index < -0.39 is 0 Å². The summed E-state index contributed by atoms with van der Waals surface area (Å²) in [5, 5.41) is 5.96. The fourth-order valence-corrected chi connectivity index (χ4v) is 4.00. The second kappa shape index (κ2) is 8.73. The Hall–Kier alpha value is -2.83. The summed E-state index contributed by atoms with van der Waals surface area (Å²) in [4.78, 5) is 20.7. The number of para-hydroxylation sites is 1. The van der Waals surface area contributed by atoms with E-state index in [9.17, 15) is 4.79 Å². The number of aromatic nitrogens is 4. The van der Waals surface area contributed by atoms with Gasteiger partial charge < -0.3 is 9.72 Å². The minimum Gasteiger partial charge on any atom is -0.494 e. The van der Waals surface area contributed by atoms with Gasteiger partial charge in [0.25, 0.3) is 5.56 Å². The van der Waals surface area contributed by atoms with Crippen molar-refractivity contribution in [2.24, 2.45) is 0 Å². The molecule has 4 aromatic rings. The van der Waals surface area contributed by atoms with Gasteiger partial charge in [0.15, 0.2) is 5.65 Å². The maximum absolute atomic E-state index is 13.0. The average molecular weight is 456 g/mol. The number of hydrogen-bond acceptors (Lipinski definition) is 4. The zero-order valence-corrected chi connectivity index (χ0v) is 18.7. The number of benzene rings is 2. The number of ether oxygens (including phenoxy) is 1. The van der Waals surface area contributed by atoms with E-state index in [0.29, 0.717) is 51.3 Å². The molecule has 2 aromatic carbocycles. The third kappa shape index (κ3) is 4.18. The van der Waals surface area contributed by atoms with E-state index >= 15 is 0 Å². The minimum atomic E-state index is -0.241. The number of aromatic amines is 1. The van der Waals surface area contributed by atoms with E-state index in [1.807, 2.05) is 38.1 Å². The first kappa shape index (κ1) is 21.4. The number of halogens is 2. The van der Waals surface area contributed by atoms with E-state index in [2.05, 4.69) is 17.0 Å². The molecule has 6 nitrogen and oxygen atoms in total. The highest BCUT2D eigenvalue weighted by Gasteiger charge is 2.22. The lowest BCUT2D eigenvalue weighted by Crippen LogP contribution is -2.14. The number of rotatable bonds is 6. The number of nitrogens with one attached hydrogen (secondary N) is 1. The molecule has 0 bridgehead atoms. The molecule has 0 amide bonds. The van der Waals surface area contributed by atoms with Crippen LogP contribution in [-0.2, 0) is 6.42 Å². The summed E-state index contributed by atoms with van der Waals surface area (Å²) in [5.74, 6) is 1.27. The molecule has 1 radical (unpaired) electrons. The SMILES string of the molecule is [CH2]COc1ccc(Cc2nc3c(c(C(C)C)nn3-c3c(Cl)cccc3Cl)c(=O)[nH]2)cc1. The molecule has 0 aliphatic heterocycles. The highest BCUT2D eigenvalue weighted by Crippen LogP contribution is 2.32. The molecule has 0 spiro atoms. The van der Waals surface area contributed by atoms with Gasteiger partial charge in [0, 0.05) is 6.42 Å². The molecular weight excluding hydrogens is 435 g/mol. The molecule has 2 aromatic heterocycles. The molecule has 0 aliphatic carbocycles. The highest BCUT2D eigenvalue weighted by molar-refractivity contribution is 6.37. The Kier molecular flexibility index (Phi) is 6.03. The van der Waals surface area contributed by atoms with Crippen molar-refractivity contribution in [1.29, 1.82) is 0 Å². The van der Waals surface area contributed by atoms with E-state index in [1.165, 1.54) is 0 Å². The molecule has 8 heteroatoms. The quantitative estimate of drug-likeness (QED) is 0.425. The third-order valence-electron chi connectivity index (χ3n) is 4.87. The molecular formula is C23H21Cl2N4O2. The predicted molar refractivity (Wildman–Crippen MR) is 124 cm³/mol. The number of fused-ring (bicyclic) bond motifs is 1. The molecule has 159 valence electrons. The Bertz CT molecular complexity index is 1270. The standard InChI is InChI=1S/C23H21Cl2N4O2/c1-4-31-15-10-8-14(9-11-15)12-18-26-22-19(23(30)27-18)20(13(2)3)28-29(22)21-16(24)6-5-7-17(21)25/h5-11,13H,1,4,12H2,2-3H3,(H,26,27,30). The first-order valence-electron chi connectivity index (χ1n) is 9.86. The summed E-state index contributed by atoms with van der Waals surface area (Å²) in [6.07, 6.45) is 0.439. The molecule has 4 rings (SSSR count). The van der Waals surface area contributed by atoms with Crippen LogP contribution in [-0.4, -0.2) is 26.4 Å². The Morgan fingerprint density at radius 3 is 2.42 bits per heavy atom. The Labute approximate surface area is 189 Å². The topological polar surface area (TPSA) is 72.8 Å². The third-order valence-corrected chi connectivity index (χ3v) is 5.48. The summed E-state index contributed by atoms with van der Waals surface area (Å²) < 4.78 is 6.95. The van der Waals surface area contributed by atoms with Crippen molar-refractivity contribution >= 4 is 34.2 Å². The smallest absolute Gasteiger partial charge is 0.262 e. The lowest BCUT2D eigenvalue weighted by atomic mass is 10.1. The fourth-order valence-electron chi connectivity index (χ4n) is 3.45. The lowest BCUT2D eigenvalue weighted by Gasteiger charge is -2.09. The van der Waals surface area contributed by atoms with Crippen LogP contribution < -0.4 is 10.3 Å². The van der Waals surface area contributed by atoms with Crippen LogP contribution in [0.3, 0.4) is 0 Å². The molecule has 0 saturated carbocycles. The van der Waals surface area contributed by atoms with E-state index in [-0.39, 0.29) is 11.5 Å². The van der Waals surface area contributed by atoms with Crippen LogP contribution in [0.1, 0.15) is 36.8 Å². The average Bonchev–Trinajstić information content (AvgIpc) is 3.10. The summed E-state index contributed by atoms with van der Waals surface area (Å²) in [6.45, 7) is 7.98. The van der Waals surface area contributed by atoms with Gasteiger partial charge in [-0.25, -0.2) is 9.67 Å². The van der Waals surface area contributed by atoms with Crippen molar-refractivity contribution in [3.63, 3.8) is 0 Å². The van der Waals surface area contributed by atoms with Gasteiger partial charge in [0.05, 0.1) is 22.3 Å². The van der Waals surface area contributed by atoms with Crippen molar-refractivity contribution < 1.29 is 4.74 Å². The minimum absolute atomic E-state index is 0.0133. The summed E-state index contributed by atoms with van der Waals surface area (Å²) in [7, 11) is 0. The van der Waals surface area contributed by atoms with Gasteiger partial charge in [0.1, 0.15) is 22.6 Å². The van der Waals surface area contributed by atoms with Gasteiger partial charge >= 0.3 is 0 Å². The molecule has 31 heavy (non-hydrogen) atoms. The van der Waals surface area contributed by atoms with E-state index in [4.69, 9.17) is 32.9 Å². The number of hydrogen-bond donors (Lipinski definition) is 1. The molecule has 0 saturated heterocycles. The van der Waals surface area contributed by atoms with Crippen LogP contribution in [0.15, 0.2) is 47.3 Å². The molecule has 0 aliphatic rings. The van der Waals surface area contributed by atoms with Crippen LogP contribution in [0.4, 0.5) is 0 Å². The lowest BCUT2D eigenvalue weighted by molar-refractivity contribution is 0.361. The highest BCUT2D eigenvalue weighted by atomic mass is 35.5. The summed E-state index contributed by atoms with van der Waals surface area (Å²) >= 11 is 12.9. The largest absolute Gasteiger partial charge is 0.494 e. The predicted octanol–water partition coefficient (Wildman–Crippen LogP) is 5.34. The van der Waals surface area contributed by atoms with Crippen LogP contribution in [0.25, 0.3) is 16.7 Å². The van der Waals surface area contributed by atoms with Crippen LogP contribution in [0, 0.1) is 6.92 Å². The van der Waals surface area contributed by atoms with Crippen molar-refractivity contribution in [2.75, 3.05) is 6.61 Å². The van der Waals surface area contributed by atoms with Gasteiger partial charge in [-0.3, -0.25) is 4.79 Å². The van der Waals surface area contributed by atoms with Crippen LogP contribution >= 0.6 is 23.2 Å².